The average Bonchev–Trinajstić information content (AvgIpc) is 2.92. The fourth-order valence-corrected chi connectivity index (χ4v) is 2.23. The van der Waals surface area contributed by atoms with Crippen LogP contribution in [0.25, 0.3) is 0 Å². The van der Waals surface area contributed by atoms with Crippen LogP contribution in [0.3, 0.4) is 0 Å². The highest BCUT2D eigenvalue weighted by Gasteiger charge is 2.22. The zero-order valence-corrected chi connectivity index (χ0v) is 11.7. The van der Waals surface area contributed by atoms with E-state index in [-0.39, 0.29) is 24.5 Å². The van der Waals surface area contributed by atoms with Crippen LogP contribution in [-0.2, 0) is 14.3 Å². The van der Waals surface area contributed by atoms with Crippen molar-refractivity contribution < 1.29 is 14.3 Å². The van der Waals surface area contributed by atoms with Gasteiger partial charge in [-0.1, -0.05) is 18.2 Å². The van der Waals surface area contributed by atoms with Gasteiger partial charge in [0.05, 0.1) is 12.6 Å². The molecular formula is C15H20N2O3. The molecule has 1 atom stereocenters. The molecule has 5 heteroatoms. The minimum atomic E-state index is -0.190. The maximum absolute atomic E-state index is 12.0. The van der Waals surface area contributed by atoms with Crippen LogP contribution in [0.2, 0.25) is 0 Å². The molecule has 1 fully saturated rings. The van der Waals surface area contributed by atoms with E-state index in [0.717, 1.165) is 25.1 Å². The summed E-state index contributed by atoms with van der Waals surface area (Å²) in [6.07, 6.45) is 2.03. The fraction of sp³-hybridized carbons (Fsp3) is 0.467. The minimum absolute atomic E-state index is 0.0587. The highest BCUT2D eigenvalue weighted by molar-refractivity contribution is 5.94. The van der Waals surface area contributed by atoms with Gasteiger partial charge in [-0.05, 0) is 25.0 Å². The molecule has 0 aromatic heterocycles. The number of para-hydroxylation sites is 1. The molecule has 1 saturated heterocycles. The zero-order chi connectivity index (χ0) is 14.4. The summed E-state index contributed by atoms with van der Waals surface area (Å²) in [7, 11) is 0. The van der Waals surface area contributed by atoms with E-state index < -0.39 is 0 Å². The highest BCUT2D eigenvalue weighted by Crippen LogP contribution is 2.13. The third-order valence-corrected chi connectivity index (χ3v) is 3.29. The van der Waals surface area contributed by atoms with Gasteiger partial charge in [0.25, 0.3) is 0 Å². The molecule has 20 heavy (non-hydrogen) atoms. The van der Waals surface area contributed by atoms with Crippen LogP contribution in [0.1, 0.15) is 19.8 Å². The zero-order valence-electron chi connectivity index (χ0n) is 11.7. The monoisotopic (exact) mass is 276 g/mol. The normalized spacial score (nSPS) is 17.8. The number of nitrogens with zero attached hydrogens (tertiary/aromatic N) is 1. The Morgan fingerprint density at radius 1 is 1.35 bits per heavy atom. The predicted molar refractivity (Wildman–Crippen MR) is 76.3 cm³/mol. The Kier molecular flexibility index (Phi) is 5.12. The van der Waals surface area contributed by atoms with Crippen LogP contribution in [0.5, 0.6) is 0 Å². The van der Waals surface area contributed by atoms with Crippen molar-refractivity contribution in [3.63, 3.8) is 0 Å². The van der Waals surface area contributed by atoms with E-state index in [1.807, 2.05) is 30.3 Å². The Bertz CT molecular complexity index is 455. The SMILES string of the molecule is CC(=O)N(CC(=O)Nc1ccccc1)CC1CCCO1. The second-order valence-corrected chi connectivity index (χ2v) is 4.95. The van der Waals surface area contributed by atoms with Gasteiger partial charge in [-0.3, -0.25) is 9.59 Å². The third-order valence-electron chi connectivity index (χ3n) is 3.29. The molecule has 1 unspecified atom stereocenters. The molecule has 0 saturated carbocycles. The van der Waals surface area contributed by atoms with Crippen LogP contribution in [0, 0.1) is 0 Å². The number of rotatable bonds is 5. The molecule has 0 radical (unpaired) electrons. The molecule has 1 aromatic carbocycles. The van der Waals surface area contributed by atoms with E-state index in [9.17, 15) is 9.59 Å². The van der Waals surface area contributed by atoms with Crippen LogP contribution in [0.15, 0.2) is 30.3 Å². The average molecular weight is 276 g/mol. The molecule has 1 aliphatic heterocycles. The van der Waals surface area contributed by atoms with E-state index >= 15 is 0 Å². The van der Waals surface area contributed by atoms with Gasteiger partial charge < -0.3 is 15.0 Å². The third kappa shape index (κ3) is 4.35. The van der Waals surface area contributed by atoms with Gasteiger partial charge in [0.15, 0.2) is 0 Å². The first-order valence-corrected chi connectivity index (χ1v) is 6.87. The number of hydrogen-bond donors (Lipinski definition) is 1. The lowest BCUT2D eigenvalue weighted by molar-refractivity contribution is -0.134. The van der Waals surface area contributed by atoms with Crippen molar-refractivity contribution in [2.24, 2.45) is 0 Å². The smallest absolute Gasteiger partial charge is 0.243 e. The number of carbonyl (C=O) groups excluding carboxylic acids is 2. The first-order chi connectivity index (χ1) is 9.65. The molecular weight excluding hydrogens is 256 g/mol. The summed E-state index contributed by atoms with van der Waals surface area (Å²) >= 11 is 0. The second kappa shape index (κ2) is 7.05. The maximum atomic E-state index is 12.0. The van der Waals surface area contributed by atoms with Crippen molar-refractivity contribution >= 4 is 17.5 Å². The van der Waals surface area contributed by atoms with Crippen molar-refractivity contribution in [1.82, 2.24) is 4.90 Å². The van der Waals surface area contributed by atoms with Crippen LogP contribution < -0.4 is 5.32 Å². The molecule has 2 rings (SSSR count). The van der Waals surface area contributed by atoms with Crippen LogP contribution in [-0.4, -0.2) is 42.5 Å². The van der Waals surface area contributed by atoms with Crippen LogP contribution >= 0.6 is 0 Å². The summed E-state index contributed by atoms with van der Waals surface area (Å²) in [6.45, 7) is 2.76. The van der Waals surface area contributed by atoms with Crippen molar-refractivity contribution in [3.05, 3.63) is 30.3 Å². The second-order valence-electron chi connectivity index (χ2n) is 4.95. The summed E-state index contributed by atoms with van der Waals surface area (Å²) in [5.41, 5.74) is 0.734. The van der Waals surface area contributed by atoms with Gasteiger partial charge in [-0.2, -0.15) is 0 Å². The molecule has 1 aromatic rings. The van der Waals surface area contributed by atoms with Gasteiger partial charge in [-0.25, -0.2) is 0 Å². The molecule has 5 nitrogen and oxygen atoms in total. The molecule has 0 spiro atoms. The first-order valence-electron chi connectivity index (χ1n) is 6.87. The Balaban J connectivity index is 1.87. The molecule has 2 amide bonds. The topological polar surface area (TPSA) is 58.6 Å². The van der Waals surface area contributed by atoms with Crippen molar-refractivity contribution in [1.29, 1.82) is 0 Å². The Labute approximate surface area is 118 Å². The summed E-state index contributed by atoms with van der Waals surface area (Å²) in [6, 6.07) is 9.22. The Hall–Kier alpha value is -1.88. The molecule has 1 heterocycles. The summed E-state index contributed by atoms with van der Waals surface area (Å²) in [5.74, 6) is -0.298. The fourth-order valence-electron chi connectivity index (χ4n) is 2.23. The number of hydrogen-bond acceptors (Lipinski definition) is 3. The van der Waals surface area contributed by atoms with E-state index in [0.29, 0.717) is 6.54 Å². The molecule has 0 bridgehead atoms. The molecule has 108 valence electrons. The van der Waals surface area contributed by atoms with Gasteiger partial charge in [0.1, 0.15) is 0 Å². The number of benzene rings is 1. The molecule has 0 aliphatic carbocycles. The molecule has 1 N–H and O–H groups in total. The number of ether oxygens (including phenoxy) is 1. The summed E-state index contributed by atoms with van der Waals surface area (Å²) < 4.78 is 5.51. The summed E-state index contributed by atoms with van der Waals surface area (Å²) in [4.78, 5) is 25.1. The lowest BCUT2D eigenvalue weighted by atomic mass is 10.2. The lowest BCUT2D eigenvalue weighted by Gasteiger charge is -2.23. The van der Waals surface area contributed by atoms with Gasteiger partial charge in [0.2, 0.25) is 11.8 Å². The van der Waals surface area contributed by atoms with Crippen LogP contribution in [0.4, 0.5) is 5.69 Å². The van der Waals surface area contributed by atoms with E-state index in [1.54, 1.807) is 0 Å². The first kappa shape index (κ1) is 14.5. The Morgan fingerprint density at radius 2 is 2.10 bits per heavy atom. The number of anilines is 1. The quantitative estimate of drug-likeness (QED) is 0.889. The van der Waals surface area contributed by atoms with Gasteiger partial charge in [0, 0.05) is 25.8 Å². The largest absolute Gasteiger partial charge is 0.376 e. The molecule has 1 aliphatic rings. The minimum Gasteiger partial charge on any atom is -0.376 e. The Morgan fingerprint density at radius 3 is 2.70 bits per heavy atom. The maximum Gasteiger partial charge on any atom is 0.243 e. The van der Waals surface area contributed by atoms with E-state index in [4.69, 9.17) is 4.74 Å². The van der Waals surface area contributed by atoms with E-state index in [1.165, 1.54) is 11.8 Å². The predicted octanol–water partition coefficient (Wildman–Crippen LogP) is 1.65. The number of carbonyl (C=O) groups is 2. The van der Waals surface area contributed by atoms with Gasteiger partial charge in [-0.15, -0.1) is 0 Å². The van der Waals surface area contributed by atoms with E-state index in [2.05, 4.69) is 5.32 Å². The van der Waals surface area contributed by atoms with Gasteiger partial charge >= 0.3 is 0 Å². The van der Waals surface area contributed by atoms with Crippen molar-refractivity contribution in [2.45, 2.75) is 25.9 Å². The lowest BCUT2D eigenvalue weighted by Crippen LogP contribution is -2.41. The number of nitrogens with one attached hydrogen (secondary N) is 1. The standard InChI is InChI=1S/C15H20N2O3/c1-12(18)17(10-14-8-5-9-20-14)11-15(19)16-13-6-3-2-4-7-13/h2-4,6-7,14H,5,8-11H2,1H3,(H,16,19). The summed E-state index contributed by atoms with van der Waals surface area (Å²) in [5, 5.41) is 2.78. The highest BCUT2D eigenvalue weighted by atomic mass is 16.5. The van der Waals surface area contributed by atoms with Crippen molar-refractivity contribution in [2.75, 3.05) is 25.0 Å². The van der Waals surface area contributed by atoms with Crippen molar-refractivity contribution in [3.8, 4) is 0 Å². The number of amides is 2.